The van der Waals surface area contributed by atoms with E-state index in [9.17, 15) is 14.7 Å². The molecule has 6 heteroatoms. The highest BCUT2D eigenvalue weighted by atomic mass is 16.6. The Bertz CT molecular complexity index is 893. The first-order chi connectivity index (χ1) is 25.0. The van der Waals surface area contributed by atoms with Crippen molar-refractivity contribution in [1.29, 1.82) is 0 Å². The van der Waals surface area contributed by atoms with Gasteiger partial charge in [-0.15, -0.1) is 0 Å². The van der Waals surface area contributed by atoms with Gasteiger partial charge in [0, 0.05) is 12.8 Å². The summed E-state index contributed by atoms with van der Waals surface area (Å²) in [5.41, 5.74) is 0. The molecule has 6 nitrogen and oxygen atoms in total. The highest BCUT2D eigenvalue weighted by molar-refractivity contribution is 5.70. The van der Waals surface area contributed by atoms with Crippen LogP contribution in [0.3, 0.4) is 0 Å². The van der Waals surface area contributed by atoms with Crippen molar-refractivity contribution in [2.24, 2.45) is 5.92 Å². The van der Waals surface area contributed by atoms with Gasteiger partial charge in [-0.05, 0) is 57.3 Å². The molecular weight excluding hydrogens is 636 g/mol. The first kappa shape index (κ1) is 47.1. The number of allylic oxidation sites excluding steroid dienone is 4. The van der Waals surface area contributed by atoms with E-state index in [1.54, 1.807) is 0 Å². The lowest BCUT2D eigenvalue weighted by atomic mass is 10.0. The third-order valence-corrected chi connectivity index (χ3v) is 9.77. The summed E-state index contributed by atoms with van der Waals surface area (Å²) in [7, 11) is 0. The molecule has 0 radical (unpaired) electrons. The average molecular weight is 717 g/mol. The molecule has 0 spiro atoms. The second-order valence-electron chi connectivity index (χ2n) is 15.3. The van der Waals surface area contributed by atoms with Gasteiger partial charge in [0.2, 0.25) is 0 Å². The zero-order chi connectivity index (χ0) is 37.0. The molecule has 1 saturated heterocycles. The molecule has 0 saturated carbocycles. The number of carbonyl (C=O) groups is 2. The molecular formula is C45H80O6. The maximum atomic E-state index is 12.2. The Morgan fingerprint density at radius 2 is 1.10 bits per heavy atom. The highest BCUT2D eigenvalue weighted by Gasteiger charge is 2.35. The van der Waals surface area contributed by atoms with Crippen LogP contribution in [-0.4, -0.2) is 48.6 Å². The zero-order valence-electron chi connectivity index (χ0n) is 33.5. The summed E-state index contributed by atoms with van der Waals surface area (Å²) in [6, 6.07) is 0. The van der Waals surface area contributed by atoms with Gasteiger partial charge in [0.15, 0.2) is 6.10 Å². The van der Waals surface area contributed by atoms with Crippen LogP contribution in [-0.2, 0) is 23.8 Å². The minimum atomic E-state index is -0.804. The summed E-state index contributed by atoms with van der Waals surface area (Å²) >= 11 is 0. The number of unbranched alkanes of at least 4 members (excludes halogenated alkanes) is 19. The largest absolute Gasteiger partial charge is 0.462 e. The van der Waals surface area contributed by atoms with E-state index in [2.05, 4.69) is 57.2 Å². The molecule has 0 aromatic heterocycles. The maximum Gasteiger partial charge on any atom is 0.306 e. The standard InChI is InChI=1S/C45H80O6/c1-4-5-6-7-8-17-21-24-29-34-42-43(51-42)35-30-26-27-32-37-45(48)50-41(38-46)39-49-44(47)36-31-25-22-19-16-14-12-10-9-11-13-15-18-20-23-28-33-40(2)3/h8,17,24,26,29-30,40-43,46H,4-7,9-16,18-23,25,27-28,31-39H2,1-3H3/b17-8-,29-24-,30-26-/t41-,42?,43?/m0/s1. The van der Waals surface area contributed by atoms with Crippen molar-refractivity contribution in [3.63, 3.8) is 0 Å². The number of epoxide rings is 1. The van der Waals surface area contributed by atoms with Gasteiger partial charge in [-0.1, -0.05) is 173 Å². The zero-order valence-corrected chi connectivity index (χ0v) is 33.5. The van der Waals surface area contributed by atoms with Crippen molar-refractivity contribution in [3.05, 3.63) is 36.5 Å². The van der Waals surface area contributed by atoms with Gasteiger partial charge in [0.1, 0.15) is 6.61 Å². The van der Waals surface area contributed by atoms with Crippen molar-refractivity contribution in [3.8, 4) is 0 Å². The second kappa shape index (κ2) is 35.1. The van der Waals surface area contributed by atoms with Crippen LogP contribution in [0.1, 0.15) is 201 Å². The number of aliphatic hydroxyl groups is 1. The summed E-state index contributed by atoms with van der Waals surface area (Å²) in [5, 5.41) is 9.58. The molecule has 296 valence electrons. The predicted octanol–water partition coefficient (Wildman–Crippen LogP) is 12.5. The molecule has 1 rings (SSSR count). The molecule has 0 bridgehead atoms. The molecule has 1 heterocycles. The number of esters is 2. The fourth-order valence-corrected chi connectivity index (χ4v) is 6.36. The van der Waals surface area contributed by atoms with Gasteiger partial charge < -0.3 is 19.3 Å². The third-order valence-electron chi connectivity index (χ3n) is 9.77. The Balaban J connectivity index is 1.90. The van der Waals surface area contributed by atoms with Crippen LogP contribution in [0, 0.1) is 5.92 Å². The van der Waals surface area contributed by atoms with E-state index in [0.717, 1.165) is 50.9 Å². The van der Waals surface area contributed by atoms with Gasteiger partial charge in [0.25, 0.3) is 0 Å². The monoisotopic (exact) mass is 717 g/mol. The average Bonchev–Trinajstić information content (AvgIpc) is 3.87. The SMILES string of the molecule is CCCCC/C=C\C/C=C\CC1OC1C/C=C\CCCC(=O)O[C@@H](CO)COC(=O)CCCCCCCCCCCCCCCCCCC(C)C. The van der Waals surface area contributed by atoms with Crippen molar-refractivity contribution >= 4 is 11.9 Å². The fourth-order valence-electron chi connectivity index (χ4n) is 6.36. The van der Waals surface area contributed by atoms with Crippen molar-refractivity contribution in [2.75, 3.05) is 13.2 Å². The van der Waals surface area contributed by atoms with Crippen molar-refractivity contribution in [1.82, 2.24) is 0 Å². The summed E-state index contributed by atoms with van der Waals surface area (Å²) < 4.78 is 16.4. The van der Waals surface area contributed by atoms with Crippen LogP contribution in [0.15, 0.2) is 36.5 Å². The number of hydrogen-bond acceptors (Lipinski definition) is 6. The van der Waals surface area contributed by atoms with Crippen molar-refractivity contribution < 1.29 is 28.9 Å². The summed E-state index contributed by atoms with van der Waals surface area (Å²) in [5.74, 6) is 0.196. The van der Waals surface area contributed by atoms with E-state index in [1.807, 2.05) is 0 Å². The lowest BCUT2D eigenvalue weighted by molar-refractivity contribution is -0.161. The molecule has 1 fully saturated rings. The smallest absolute Gasteiger partial charge is 0.306 e. The first-order valence-electron chi connectivity index (χ1n) is 21.5. The van der Waals surface area contributed by atoms with Crippen molar-refractivity contribution in [2.45, 2.75) is 219 Å². The molecule has 1 N–H and O–H groups in total. The Morgan fingerprint density at radius 1 is 0.608 bits per heavy atom. The molecule has 0 aromatic rings. The van der Waals surface area contributed by atoms with Gasteiger partial charge >= 0.3 is 11.9 Å². The van der Waals surface area contributed by atoms with E-state index in [4.69, 9.17) is 14.2 Å². The Morgan fingerprint density at radius 3 is 1.67 bits per heavy atom. The van der Waals surface area contributed by atoms with E-state index in [0.29, 0.717) is 25.0 Å². The van der Waals surface area contributed by atoms with Crippen LogP contribution < -0.4 is 0 Å². The Labute approximate surface area is 314 Å². The minimum Gasteiger partial charge on any atom is -0.462 e. The van der Waals surface area contributed by atoms with Crippen LogP contribution >= 0.6 is 0 Å². The normalized spacial score (nSPS) is 16.6. The van der Waals surface area contributed by atoms with Crippen LogP contribution in [0.2, 0.25) is 0 Å². The first-order valence-corrected chi connectivity index (χ1v) is 21.5. The van der Waals surface area contributed by atoms with Crippen LogP contribution in [0.5, 0.6) is 0 Å². The van der Waals surface area contributed by atoms with Gasteiger partial charge in [-0.2, -0.15) is 0 Å². The van der Waals surface area contributed by atoms with Gasteiger partial charge in [-0.25, -0.2) is 0 Å². The second-order valence-corrected chi connectivity index (χ2v) is 15.3. The molecule has 0 aromatic carbocycles. The molecule has 1 aliphatic rings. The molecule has 2 unspecified atom stereocenters. The summed E-state index contributed by atoms with van der Waals surface area (Å²) in [6.45, 7) is 6.42. The van der Waals surface area contributed by atoms with E-state index < -0.39 is 6.10 Å². The van der Waals surface area contributed by atoms with Crippen LogP contribution in [0.4, 0.5) is 0 Å². The highest BCUT2D eigenvalue weighted by Crippen LogP contribution is 2.29. The topological polar surface area (TPSA) is 85.4 Å². The number of aliphatic hydroxyl groups excluding tert-OH is 1. The Kier molecular flexibility index (Phi) is 32.4. The van der Waals surface area contributed by atoms with Gasteiger partial charge in [-0.3, -0.25) is 9.59 Å². The number of hydrogen-bond donors (Lipinski definition) is 1. The predicted molar refractivity (Wildman–Crippen MR) is 214 cm³/mol. The molecule has 0 aliphatic carbocycles. The van der Waals surface area contributed by atoms with Gasteiger partial charge in [0.05, 0.1) is 18.8 Å². The summed E-state index contributed by atoms with van der Waals surface area (Å²) in [6.07, 6.45) is 45.3. The maximum absolute atomic E-state index is 12.2. The minimum absolute atomic E-state index is 0.0904. The number of ether oxygens (including phenoxy) is 3. The van der Waals surface area contributed by atoms with E-state index in [1.165, 1.54) is 116 Å². The summed E-state index contributed by atoms with van der Waals surface area (Å²) in [4.78, 5) is 24.3. The molecule has 0 amide bonds. The van der Waals surface area contributed by atoms with E-state index >= 15 is 0 Å². The molecule has 3 atom stereocenters. The number of carbonyl (C=O) groups excluding carboxylic acids is 2. The van der Waals surface area contributed by atoms with E-state index in [-0.39, 0.29) is 31.6 Å². The number of rotatable bonds is 37. The van der Waals surface area contributed by atoms with Crippen LogP contribution in [0.25, 0.3) is 0 Å². The third kappa shape index (κ3) is 32.5. The quantitative estimate of drug-likeness (QED) is 0.0298. The lowest BCUT2D eigenvalue weighted by Crippen LogP contribution is -2.28. The molecule has 51 heavy (non-hydrogen) atoms. The lowest BCUT2D eigenvalue weighted by Gasteiger charge is -2.15. The Hall–Kier alpha value is -1.92. The molecule has 1 aliphatic heterocycles. The fraction of sp³-hybridized carbons (Fsp3) is 0.822.